The summed E-state index contributed by atoms with van der Waals surface area (Å²) in [5, 5.41) is 7.01. The maximum absolute atomic E-state index is 11.8. The Kier molecular flexibility index (Phi) is 3.57. The van der Waals surface area contributed by atoms with Gasteiger partial charge in [0.1, 0.15) is 5.56 Å². The van der Waals surface area contributed by atoms with Crippen molar-refractivity contribution in [3.8, 4) is 11.5 Å². The number of nitrogens with one attached hydrogen (secondary N) is 2. The number of rotatable bonds is 4. The van der Waals surface area contributed by atoms with Gasteiger partial charge in [-0.1, -0.05) is 19.0 Å². The molecule has 0 aliphatic heterocycles. The fourth-order valence-electron chi connectivity index (χ4n) is 1.47. The minimum Gasteiger partial charge on any atom is -0.364 e. The summed E-state index contributed by atoms with van der Waals surface area (Å²) in [5.74, 6) is 0.787. The molecule has 2 rings (SSSR count). The Morgan fingerprint density at radius 2 is 2.28 bits per heavy atom. The first-order valence-electron chi connectivity index (χ1n) is 5.82. The highest BCUT2D eigenvalue weighted by Crippen LogP contribution is 2.11. The molecule has 0 bridgehead atoms. The minimum atomic E-state index is -0.127. The van der Waals surface area contributed by atoms with E-state index in [1.54, 1.807) is 6.20 Å². The van der Waals surface area contributed by atoms with Gasteiger partial charge in [-0.15, -0.1) is 0 Å². The Labute approximate surface area is 104 Å². The summed E-state index contributed by atoms with van der Waals surface area (Å²) in [7, 11) is 0. The molecule has 2 N–H and O–H groups in total. The predicted molar refractivity (Wildman–Crippen MR) is 67.1 cm³/mol. The first kappa shape index (κ1) is 12.5. The normalized spacial score (nSPS) is 11.1. The smallest absolute Gasteiger partial charge is 0.263 e. The standard InChI is InChI=1S/C12H16N4O2/c1-7(2)13-6-11-15-12(18-16-11)9-5-14-8(3)4-10(9)17/h4-5,7,13H,6H2,1-3H3,(H,14,17). The van der Waals surface area contributed by atoms with Gasteiger partial charge in [0.25, 0.3) is 5.89 Å². The molecule has 0 radical (unpaired) electrons. The number of aryl methyl sites for hydroxylation is 1. The Bertz CT molecular complexity index is 586. The van der Waals surface area contributed by atoms with Gasteiger partial charge < -0.3 is 14.8 Å². The fraction of sp³-hybridized carbons (Fsp3) is 0.417. The third kappa shape index (κ3) is 2.84. The molecule has 0 unspecified atom stereocenters. The molecular weight excluding hydrogens is 232 g/mol. The number of pyridine rings is 1. The van der Waals surface area contributed by atoms with Crippen LogP contribution in [0.4, 0.5) is 0 Å². The Balaban J connectivity index is 2.21. The second kappa shape index (κ2) is 5.14. The van der Waals surface area contributed by atoms with Crippen molar-refractivity contribution in [1.29, 1.82) is 0 Å². The van der Waals surface area contributed by atoms with Crippen LogP contribution in [0, 0.1) is 6.92 Å². The van der Waals surface area contributed by atoms with Gasteiger partial charge in [0, 0.05) is 24.0 Å². The number of aromatic nitrogens is 3. The summed E-state index contributed by atoms with van der Waals surface area (Å²) in [4.78, 5) is 18.9. The van der Waals surface area contributed by atoms with Crippen LogP contribution in [-0.2, 0) is 6.54 Å². The van der Waals surface area contributed by atoms with Crippen LogP contribution in [0.25, 0.3) is 11.5 Å². The highest BCUT2D eigenvalue weighted by molar-refractivity contribution is 5.50. The van der Waals surface area contributed by atoms with Gasteiger partial charge in [-0.25, -0.2) is 0 Å². The molecule has 0 saturated carbocycles. The molecule has 18 heavy (non-hydrogen) atoms. The van der Waals surface area contributed by atoms with E-state index in [9.17, 15) is 4.79 Å². The second-order valence-corrected chi connectivity index (χ2v) is 4.45. The van der Waals surface area contributed by atoms with E-state index in [1.165, 1.54) is 6.07 Å². The maximum Gasteiger partial charge on any atom is 0.263 e. The molecule has 0 spiro atoms. The van der Waals surface area contributed by atoms with Crippen LogP contribution < -0.4 is 10.7 Å². The van der Waals surface area contributed by atoms with Crippen molar-refractivity contribution in [3.63, 3.8) is 0 Å². The van der Waals surface area contributed by atoms with E-state index < -0.39 is 0 Å². The van der Waals surface area contributed by atoms with E-state index in [2.05, 4.69) is 20.4 Å². The SMILES string of the molecule is Cc1cc(=O)c(-c2nc(CNC(C)C)no2)c[nH]1. The maximum atomic E-state index is 11.8. The van der Waals surface area contributed by atoms with Crippen molar-refractivity contribution in [1.82, 2.24) is 20.4 Å². The molecule has 96 valence electrons. The van der Waals surface area contributed by atoms with Crippen molar-refractivity contribution in [2.75, 3.05) is 0 Å². The predicted octanol–water partition coefficient (Wildman–Crippen LogP) is 1.23. The number of aromatic amines is 1. The van der Waals surface area contributed by atoms with E-state index in [0.717, 1.165) is 5.69 Å². The number of nitrogens with zero attached hydrogens (tertiary/aromatic N) is 2. The van der Waals surface area contributed by atoms with Crippen LogP contribution in [-0.4, -0.2) is 21.2 Å². The molecule has 0 aliphatic rings. The zero-order chi connectivity index (χ0) is 13.1. The van der Waals surface area contributed by atoms with E-state index in [4.69, 9.17) is 4.52 Å². The molecule has 0 aliphatic carbocycles. The van der Waals surface area contributed by atoms with Crippen LogP contribution in [0.15, 0.2) is 21.6 Å². The number of hydrogen-bond acceptors (Lipinski definition) is 5. The summed E-state index contributed by atoms with van der Waals surface area (Å²) in [6, 6.07) is 1.85. The zero-order valence-electron chi connectivity index (χ0n) is 10.7. The quantitative estimate of drug-likeness (QED) is 0.850. The summed E-state index contributed by atoms with van der Waals surface area (Å²) in [6.07, 6.45) is 1.59. The molecule has 2 aromatic rings. The highest BCUT2D eigenvalue weighted by atomic mass is 16.5. The molecular formula is C12H16N4O2. The molecule has 0 aromatic carbocycles. The van der Waals surface area contributed by atoms with Crippen molar-refractivity contribution in [2.24, 2.45) is 0 Å². The average molecular weight is 248 g/mol. The summed E-state index contributed by atoms with van der Waals surface area (Å²) >= 11 is 0. The summed E-state index contributed by atoms with van der Waals surface area (Å²) in [5.41, 5.74) is 1.06. The Hall–Kier alpha value is -1.95. The lowest BCUT2D eigenvalue weighted by Crippen LogP contribution is -2.22. The van der Waals surface area contributed by atoms with Gasteiger partial charge in [-0.05, 0) is 6.92 Å². The van der Waals surface area contributed by atoms with Crippen LogP contribution >= 0.6 is 0 Å². The lowest BCUT2D eigenvalue weighted by atomic mass is 10.2. The largest absolute Gasteiger partial charge is 0.364 e. The molecule has 6 heteroatoms. The van der Waals surface area contributed by atoms with Crippen LogP contribution in [0.5, 0.6) is 0 Å². The topological polar surface area (TPSA) is 83.8 Å². The van der Waals surface area contributed by atoms with Crippen molar-refractivity contribution < 1.29 is 4.52 Å². The average Bonchev–Trinajstić information content (AvgIpc) is 2.75. The van der Waals surface area contributed by atoms with Gasteiger partial charge in [0.15, 0.2) is 11.3 Å². The molecule has 2 heterocycles. The highest BCUT2D eigenvalue weighted by Gasteiger charge is 2.12. The molecule has 0 atom stereocenters. The molecule has 2 aromatic heterocycles. The zero-order valence-corrected chi connectivity index (χ0v) is 10.7. The van der Waals surface area contributed by atoms with Gasteiger partial charge >= 0.3 is 0 Å². The minimum absolute atomic E-state index is 0.127. The monoisotopic (exact) mass is 248 g/mol. The van der Waals surface area contributed by atoms with Crippen LogP contribution in [0.1, 0.15) is 25.4 Å². The first-order valence-corrected chi connectivity index (χ1v) is 5.82. The summed E-state index contributed by atoms with van der Waals surface area (Å²) < 4.78 is 5.08. The molecule has 0 amide bonds. The lowest BCUT2D eigenvalue weighted by molar-refractivity contribution is 0.417. The molecule has 0 saturated heterocycles. The van der Waals surface area contributed by atoms with Crippen LogP contribution in [0.2, 0.25) is 0 Å². The van der Waals surface area contributed by atoms with Gasteiger partial charge in [-0.3, -0.25) is 4.79 Å². The third-order valence-electron chi connectivity index (χ3n) is 2.42. The van der Waals surface area contributed by atoms with Crippen molar-refractivity contribution >= 4 is 0 Å². The fourth-order valence-corrected chi connectivity index (χ4v) is 1.47. The van der Waals surface area contributed by atoms with Gasteiger partial charge in [-0.2, -0.15) is 4.98 Å². The Morgan fingerprint density at radius 1 is 1.50 bits per heavy atom. The Morgan fingerprint density at radius 3 is 2.94 bits per heavy atom. The first-order chi connectivity index (χ1) is 8.56. The van der Waals surface area contributed by atoms with Gasteiger partial charge in [0.05, 0.1) is 6.54 Å². The second-order valence-electron chi connectivity index (χ2n) is 4.45. The number of hydrogen-bond donors (Lipinski definition) is 2. The van der Waals surface area contributed by atoms with Crippen molar-refractivity contribution in [3.05, 3.63) is 34.0 Å². The van der Waals surface area contributed by atoms with E-state index in [-0.39, 0.29) is 11.3 Å². The van der Waals surface area contributed by atoms with Crippen LogP contribution in [0.3, 0.4) is 0 Å². The van der Waals surface area contributed by atoms with E-state index in [0.29, 0.717) is 24.0 Å². The molecule has 6 nitrogen and oxygen atoms in total. The van der Waals surface area contributed by atoms with Gasteiger partial charge in [0.2, 0.25) is 0 Å². The summed E-state index contributed by atoms with van der Waals surface area (Å²) in [6.45, 7) is 6.40. The molecule has 0 fully saturated rings. The lowest BCUT2D eigenvalue weighted by Gasteiger charge is -2.03. The third-order valence-corrected chi connectivity index (χ3v) is 2.42. The number of H-pyrrole nitrogens is 1. The van der Waals surface area contributed by atoms with E-state index in [1.807, 2.05) is 20.8 Å². The van der Waals surface area contributed by atoms with E-state index >= 15 is 0 Å². The van der Waals surface area contributed by atoms with Crippen molar-refractivity contribution in [2.45, 2.75) is 33.4 Å².